The SMILES string of the molecule is Cc1[nH]n(C)c(=O)c1C1CCCC(=O)C1. The lowest BCUT2D eigenvalue weighted by atomic mass is 9.83. The van der Waals surface area contributed by atoms with Crippen LogP contribution in [-0.2, 0) is 11.8 Å². The summed E-state index contributed by atoms with van der Waals surface area (Å²) in [6, 6.07) is 0. The molecule has 0 spiro atoms. The third kappa shape index (κ3) is 1.76. The van der Waals surface area contributed by atoms with Crippen molar-refractivity contribution in [2.75, 3.05) is 0 Å². The van der Waals surface area contributed by atoms with Crippen LogP contribution in [-0.4, -0.2) is 15.6 Å². The van der Waals surface area contributed by atoms with Gasteiger partial charge < -0.3 is 0 Å². The maximum atomic E-state index is 11.8. The molecule has 0 aromatic carbocycles. The van der Waals surface area contributed by atoms with E-state index >= 15 is 0 Å². The van der Waals surface area contributed by atoms with E-state index in [4.69, 9.17) is 0 Å². The Morgan fingerprint density at radius 1 is 1.40 bits per heavy atom. The zero-order chi connectivity index (χ0) is 11.0. The van der Waals surface area contributed by atoms with Crippen LogP contribution in [0.3, 0.4) is 0 Å². The lowest BCUT2D eigenvalue weighted by Crippen LogP contribution is -2.22. The molecule has 1 N–H and O–H groups in total. The number of nitrogens with zero attached hydrogens (tertiary/aromatic N) is 1. The van der Waals surface area contributed by atoms with E-state index in [9.17, 15) is 9.59 Å². The van der Waals surface area contributed by atoms with E-state index in [1.54, 1.807) is 7.05 Å². The first-order chi connectivity index (χ1) is 7.09. The van der Waals surface area contributed by atoms with Crippen molar-refractivity contribution >= 4 is 5.78 Å². The Kier molecular flexibility index (Phi) is 2.50. The molecule has 82 valence electrons. The van der Waals surface area contributed by atoms with Crippen LogP contribution in [0.2, 0.25) is 0 Å². The van der Waals surface area contributed by atoms with Crippen molar-refractivity contribution in [3.05, 3.63) is 21.6 Å². The molecular formula is C11H16N2O2. The van der Waals surface area contributed by atoms with Gasteiger partial charge in [-0.15, -0.1) is 0 Å². The Bertz CT molecular complexity index is 442. The van der Waals surface area contributed by atoms with Crippen LogP contribution in [0.25, 0.3) is 0 Å². The number of rotatable bonds is 1. The quantitative estimate of drug-likeness (QED) is 0.755. The van der Waals surface area contributed by atoms with Gasteiger partial charge in [0.2, 0.25) is 0 Å². The van der Waals surface area contributed by atoms with Gasteiger partial charge in [0, 0.05) is 31.1 Å². The third-order valence-corrected chi connectivity index (χ3v) is 3.16. The summed E-state index contributed by atoms with van der Waals surface area (Å²) in [6.45, 7) is 1.90. The number of hydrogen-bond acceptors (Lipinski definition) is 2. The van der Waals surface area contributed by atoms with Gasteiger partial charge in [-0.1, -0.05) is 0 Å². The van der Waals surface area contributed by atoms with Gasteiger partial charge in [-0.05, 0) is 25.7 Å². The van der Waals surface area contributed by atoms with Crippen molar-refractivity contribution in [2.45, 2.75) is 38.5 Å². The zero-order valence-corrected chi connectivity index (χ0v) is 9.17. The van der Waals surface area contributed by atoms with Crippen LogP contribution < -0.4 is 5.56 Å². The highest BCUT2D eigenvalue weighted by molar-refractivity contribution is 5.80. The molecule has 1 saturated carbocycles. The van der Waals surface area contributed by atoms with E-state index in [-0.39, 0.29) is 17.3 Å². The van der Waals surface area contributed by atoms with E-state index < -0.39 is 0 Å². The molecule has 1 aliphatic carbocycles. The summed E-state index contributed by atoms with van der Waals surface area (Å²) in [5, 5.41) is 2.98. The number of ketones is 1. The summed E-state index contributed by atoms with van der Waals surface area (Å²) >= 11 is 0. The molecule has 1 aromatic heterocycles. The predicted molar refractivity (Wildman–Crippen MR) is 57.0 cm³/mol. The summed E-state index contributed by atoms with van der Waals surface area (Å²) in [5.74, 6) is 0.421. The molecule has 1 aromatic rings. The highest BCUT2D eigenvalue weighted by atomic mass is 16.1. The van der Waals surface area contributed by atoms with Crippen LogP contribution >= 0.6 is 0 Å². The van der Waals surface area contributed by atoms with E-state index in [1.165, 1.54) is 4.68 Å². The first-order valence-corrected chi connectivity index (χ1v) is 5.36. The molecule has 1 unspecified atom stereocenters. The van der Waals surface area contributed by atoms with Crippen LogP contribution in [0.4, 0.5) is 0 Å². The van der Waals surface area contributed by atoms with Crippen LogP contribution in [0.1, 0.15) is 42.9 Å². The molecule has 0 saturated heterocycles. The average molecular weight is 208 g/mol. The molecule has 4 nitrogen and oxygen atoms in total. The Labute approximate surface area is 88.3 Å². The Morgan fingerprint density at radius 3 is 2.67 bits per heavy atom. The molecule has 1 heterocycles. The van der Waals surface area contributed by atoms with Crippen LogP contribution in [0.15, 0.2) is 4.79 Å². The fourth-order valence-corrected chi connectivity index (χ4v) is 2.46. The van der Waals surface area contributed by atoms with Gasteiger partial charge in [0.15, 0.2) is 0 Å². The summed E-state index contributed by atoms with van der Waals surface area (Å²) < 4.78 is 1.49. The Morgan fingerprint density at radius 2 is 2.13 bits per heavy atom. The molecule has 0 aliphatic heterocycles. The first-order valence-electron chi connectivity index (χ1n) is 5.36. The number of Topliss-reactive ketones (excluding diaryl/α,β-unsaturated/α-hetero) is 1. The number of carbonyl (C=O) groups is 1. The highest BCUT2D eigenvalue weighted by Crippen LogP contribution is 2.30. The second-order valence-corrected chi connectivity index (χ2v) is 4.35. The number of hydrogen-bond donors (Lipinski definition) is 1. The van der Waals surface area contributed by atoms with Crippen molar-refractivity contribution < 1.29 is 4.79 Å². The molecule has 0 bridgehead atoms. The minimum atomic E-state index is 0.0206. The number of aromatic nitrogens is 2. The molecular weight excluding hydrogens is 192 g/mol. The minimum absolute atomic E-state index is 0.0206. The highest BCUT2D eigenvalue weighted by Gasteiger charge is 2.25. The molecule has 15 heavy (non-hydrogen) atoms. The Balaban J connectivity index is 2.36. The number of nitrogens with one attached hydrogen (secondary N) is 1. The van der Waals surface area contributed by atoms with Crippen LogP contribution in [0, 0.1) is 6.92 Å². The summed E-state index contributed by atoms with van der Waals surface area (Å²) in [5.41, 5.74) is 1.74. The lowest BCUT2D eigenvalue weighted by Gasteiger charge is -2.19. The van der Waals surface area contributed by atoms with Gasteiger partial charge in [-0.25, -0.2) is 0 Å². The standard InChI is InChI=1S/C11H16N2O2/c1-7-10(11(15)13(2)12-7)8-4-3-5-9(14)6-8/h8,12H,3-6H2,1-2H3. The number of aryl methyl sites for hydroxylation is 2. The van der Waals surface area contributed by atoms with E-state index in [2.05, 4.69) is 5.10 Å². The minimum Gasteiger partial charge on any atom is -0.300 e. The van der Waals surface area contributed by atoms with Crippen molar-refractivity contribution in [1.82, 2.24) is 9.78 Å². The van der Waals surface area contributed by atoms with E-state index in [1.807, 2.05) is 6.92 Å². The van der Waals surface area contributed by atoms with E-state index in [0.29, 0.717) is 12.8 Å². The average Bonchev–Trinajstić information content (AvgIpc) is 2.41. The maximum Gasteiger partial charge on any atom is 0.269 e. The van der Waals surface area contributed by atoms with E-state index in [0.717, 1.165) is 24.1 Å². The first kappa shape index (κ1) is 10.2. The molecule has 2 rings (SSSR count). The fraction of sp³-hybridized carbons (Fsp3) is 0.636. The molecule has 1 atom stereocenters. The van der Waals surface area contributed by atoms with Crippen molar-refractivity contribution in [3.63, 3.8) is 0 Å². The van der Waals surface area contributed by atoms with Crippen molar-refractivity contribution in [1.29, 1.82) is 0 Å². The molecule has 0 amide bonds. The smallest absolute Gasteiger partial charge is 0.269 e. The van der Waals surface area contributed by atoms with Crippen LogP contribution in [0.5, 0.6) is 0 Å². The fourth-order valence-electron chi connectivity index (χ4n) is 2.46. The molecule has 4 heteroatoms. The molecule has 1 aliphatic rings. The van der Waals surface area contributed by atoms with Crippen molar-refractivity contribution in [2.24, 2.45) is 7.05 Å². The number of H-pyrrole nitrogens is 1. The molecule has 0 radical (unpaired) electrons. The summed E-state index contributed by atoms with van der Waals surface area (Å²) in [7, 11) is 1.71. The van der Waals surface area contributed by atoms with Crippen molar-refractivity contribution in [3.8, 4) is 0 Å². The van der Waals surface area contributed by atoms with Gasteiger partial charge in [-0.3, -0.25) is 19.4 Å². The Hall–Kier alpha value is -1.32. The number of carbonyl (C=O) groups excluding carboxylic acids is 1. The number of aromatic amines is 1. The zero-order valence-electron chi connectivity index (χ0n) is 9.17. The second kappa shape index (κ2) is 3.68. The predicted octanol–water partition coefficient (Wildman–Crippen LogP) is 1.25. The topological polar surface area (TPSA) is 54.9 Å². The third-order valence-electron chi connectivity index (χ3n) is 3.16. The summed E-state index contributed by atoms with van der Waals surface area (Å²) in [6.07, 6.45) is 3.09. The monoisotopic (exact) mass is 208 g/mol. The lowest BCUT2D eigenvalue weighted by molar-refractivity contribution is -0.120. The van der Waals surface area contributed by atoms with Gasteiger partial charge in [-0.2, -0.15) is 0 Å². The van der Waals surface area contributed by atoms with Gasteiger partial charge >= 0.3 is 0 Å². The van der Waals surface area contributed by atoms with Gasteiger partial charge in [0.25, 0.3) is 5.56 Å². The van der Waals surface area contributed by atoms with Gasteiger partial charge in [0.1, 0.15) is 5.78 Å². The second-order valence-electron chi connectivity index (χ2n) is 4.35. The summed E-state index contributed by atoms with van der Waals surface area (Å²) in [4.78, 5) is 23.2. The largest absolute Gasteiger partial charge is 0.300 e. The normalized spacial score (nSPS) is 22.0. The molecule has 1 fully saturated rings. The van der Waals surface area contributed by atoms with Gasteiger partial charge in [0.05, 0.1) is 0 Å². The maximum absolute atomic E-state index is 11.8.